The molecule has 3 rings (SSSR count). The van der Waals surface area contributed by atoms with Gasteiger partial charge in [-0.3, -0.25) is 4.79 Å². The molecule has 1 aliphatic rings. The van der Waals surface area contributed by atoms with Gasteiger partial charge in [0.15, 0.2) is 12.1 Å². The Hall–Kier alpha value is -2.18. The van der Waals surface area contributed by atoms with Gasteiger partial charge in [0.2, 0.25) is 0 Å². The molecule has 2 aromatic rings. The number of aryl methyl sites for hydroxylation is 3. The summed E-state index contributed by atoms with van der Waals surface area (Å²) in [6, 6.07) is 0.0748. The predicted octanol–water partition coefficient (Wildman–Crippen LogP) is 0.628. The number of nitrogens with one attached hydrogen (secondary N) is 1. The number of carbonyl (C=O) groups is 1. The number of oxazole rings is 1. The molecule has 100 valence electrons. The fourth-order valence-corrected chi connectivity index (χ4v) is 2.36. The van der Waals surface area contributed by atoms with E-state index >= 15 is 0 Å². The van der Waals surface area contributed by atoms with E-state index in [9.17, 15) is 4.79 Å². The van der Waals surface area contributed by atoms with E-state index in [1.165, 1.54) is 6.39 Å². The number of hydrogen-bond donors (Lipinski definition) is 1. The van der Waals surface area contributed by atoms with Gasteiger partial charge >= 0.3 is 0 Å². The Balaban J connectivity index is 1.71. The van der Waals surface area contributed by atoms with Crippen LogP contribution in [-0.4, -0.2) is 31.7 Å². The summed E-state index contributed by atoms with van der Waals surface area (Å²) in [6.45, 7) is 4.35. The van der Waals surface area contributed by atoms with Crippen molar-refractivity contribution in [2.75, 3.05) is 0 Å². The van der Waals surface area contributed by atoms with Crippen molar-refractivity contribution in [3.63, 3.8) is 0 Å². The van der Waals surface area contributed by atoms with Gasteiger partial charge in [-0.1, -0.05) is 0 Å². The third-order valence-electron chi connectivity index (χ3n) is 3.43. The van der Waals surface area contributed by atoms with Gasteiger partial charge < -0.3 is 14.3 Å². The topological polar surface area (TPSA) is 85.8 Å². The summed E-state index contributed by atoms with van der Waals surface area (Å²) in [4.78, 5) is 16.0. The Bertz CT molecular complexity index is 615. The normalized spacial score (nSPS) is 18.1. The van der Waals surface area contributed by atoms with Gasteiger partial charge in [-0.05, 0) is 20.3 Å². The van der Waals surface area contributed by atoms with Crippen LogP contribution in [0.25, 0.3) is 0 Å². The second kappa shape index (κ2) is 4.49. The number of carbonyl (C=O) groups excluding carboxylic acids is 1. The Morgan fingerprint density at radius 2 is 2.32 bits per heavy atom. The molecule has 19 heavy (non-hydrogen) atoms. The van der Waals surface area contributed by atoms with Crippen LogP contribution in [0.3, 0.4) is 0 Å². The number of nitrogens with zero attached hydrogens (tertiary/aromatic N) is 4. The molecule has 0 spiro atoms. The first-order valence-corrected chi connectivity index (χ1v) is 6.25. The molecule has 2 aromatic heterocycles. The SMILES string of the molecule is Cc1ocnc1C(=O)N[C@@H]1CCc2nnc(C)n2C1. The largest absolute Gasteiger partial charge is 0.448 e. The maximum absolute atomic E-state index is 12.1. The third-order valence-corrected chi connectivity index (χ3v) is 3.43. The fraction of sp³-hybridized carbons (Fsp3) is 0.500. The zero-order chi connectivity index (χ0) is 13.4. The average molecular weight is 261 g/mol. The standard InChI is InChI=1S/C12H15N5O2/c1-7-11(13-6-19-7)12(18)14-9-3-4-10-16-15-8(2)17(10)5-9/h6,9H,3-5H2,1-2H3,(H,14,18)/t9-/m1/s1. The highest BCUT2D eigenvalue weighted by molar-refractivity contribution is 5.93. The van der Waals surface area contributed by atoms with Crippen LogP contribution in [0.4, 0.5) is 0 Å². The second-order valence-corrected chi connectivity index (χ2v) is 4.74. The molecule has 1 amide bonds. The molecule has 0 aliphatic carbocycles. The summed E-state index contributed by atoms with van der Waals surface area (Å²) in [5, 5.41) is 11.1. The van der Waals surface area contributed by atoms with Crippen LogP contribution in [0, 0.1) is 13.8 Å². The maximum Gasteiger partial charge on any atom is 0.273 e. The minimum absolute atomic E-state index is 0.0748. The molecular formula is C12H15N5O2. The van der Waals surface area contributed by atoms with Crippen molar-refractivity contribution in [2.24, 2.45) is 0 Å². The summed E-state index contributed by atoms with van der Waals surface area (Å²) in [5.74, 6) is 2.21. The zero-order valence-electron chi connectivity index (χ0n) is 10.9. The lowest BCUT2D eigenvalue weighted by atomic mass is 10.1. The Labute approximate surface area is 110 Å². The van der Waals surface area contributed by atoms with Crippen molar-refractivity contribution in [3.05, 3.63) is 29.5 Å². The van der Waals surface area contributed by atoms with E-state index in [4.69, 9.17) is 4.42 Å². The number of rotatable bonds is 2. The van der Waals surface area contributed by atoms with E-state index in [2.05, 4.69) is 20.5 Å². The maximum atomic E-state index is 12.1. The van der Waals surface area contributed by atoms with Crippen LogP contribution >= 0.6 is 0 Å². The Morgan fingerprint density at radius 1 is 1.47 bits per heavy atom. The van der Waals surface area contributed by atoms with Crippen molar-refractivity contribution < 1.29 is 9.21 Å². The second-order valence-electron chi connectivity index (χ2n) is 4.74. The molecule has 0 saturated carbocycles. The van der Waals surface area contributed by atoms with Crippen molar-refractivity contribution in [3.8, 4) is 0 Å². The van der Waals surface area contributed by atoms with Gasteiger partial charge in [0.25, 0.3) is 5.91 Å². The monoisotopic (exact) mass is 261 g/mol. The highest BCUT2D eigenvalue weighted by Gasteiger charge is 2.24. The van der Waals surface area contributed by atoms with Crippen LogP contribution < -0.4 is 5.32 Å². The molecule has 7 heteroatoms. The fourth-order valence-electron chi connectivity index (χ4n) is 2.36. The molecule has 0 radical (unpaired) electrons. The lowest BCUT2D eigenvalue weighted by Crippen LogP contribution is -2.41. The number of fused-ring (bicyclic) bond motifs is 1. The molecule has 1 aliphatic heterocycles. The number of hydrogen-bond acceptors (Lipinski definition) is 5. The lowest BCUT2D eigenvalue weighted by Gasteiger charge is -2.24. The summed E-state index contributed by atoms with van der Waals surface area (Å²) in [6.07, 6.45) is 2.97. The first-order chi connectivity index (χ1) is 9.15. The highest BCUT2D eigenvalue weighted by Crippen LogP contribution is 2.15. The van der Waals surface area contributed by atoms with Gasteiger partial charge in [0.05, 0.1) is 0 Å². The molecular weight excluding hydrogens is 246 g/mol. The van der Waals surface area contributed by atoms with Crippen molar-refractivity contribution in [2.45, 2.75) is 39.3 Å². The third kappa shape index (κ3) is 2.11. The van der Waals surface area contributed by atoms with Gasteiger partial charge in [-0.2, -0.15) is 0 Å². The van der Waals surface area contributed by atoms with Crippen molar-refractivity contribution in [1.29, 1.82) is 0 Å². The molecule has 1 atom stereocenters. The molecule has 0 bridgehead atoms. The quantitative estimate of drug-likeness (QED) is 0.856. The number of aromatic nitrogens is 4. The zero-order valence-corrected chi connectivity index (χ0v) is 10.9. The number of amides is 1. The van der Waals surface area contributed by atoms with Gasteiger partial charge in [-0.25, -0.2) is 4.98 Å². The summed E-state index contributed by atoms with van der Waals surface area (Å²) in [5.41, 5.74) is 0.353. The minimum Gasteiger partial charge on any atom is -0.448 e. The molecule has 0 unspecified atom stereocenters. The molecule has 3 heterocycles. The van der Waals surface area contributed by atoms with E-state index in [1.54, 1.807) is 6.92 Å². The van der Waals surface area contributed by atoms with E-state index in [1.807, 2.05) is 11.5 Å². The van der Waals surface area contributed by atoms with E-state index in [0.29, 0.717) is 18.0 Å². The van der Waals surface area contributed by atoms with Crippen LogP contribution in [-0.2, 0) is 13.0 Å². The molecule has 0 aromatic carbocycles. The van der Waals surface area contributed by atoms with Crippen LogP contribution in [0.2, 0.25) is 0 Å². The lowest BCUT2D eigenvalue weighted by molar-refractivity contribution is 0.0921. The van der Waals surface area contributed by atoms with E-state index in [0.717, 1.165) is 24.5 Å². The Kier molecular flexibility index (Phi) is 2.81. The average Bonchev–Trinajstić information content (AvgIpc) is 2.97. The molecule has 0 saturated heterocycles. The van der Waals surface area contributed by atoms with Crippen LogP contribution in [0.15, 0.2) is 10.8 Å². The summed E-state index contributed by atoms with van der Waals surface area (Å²) < 4.78 is 7.09. The molecule has 1 N–H and O–H groups in total. The van der Waals surface area contributed by atoms with E-state index in [-0.39, 0.29) is 11.9 Å². The van der Waals surface area contributed by atoms with Crippen LogP contribution in [0.5, 0.6) is 0 Å². The van der Waals surface area contributed by atoms with Crippen LogP contribution in [0.1, 0.15) is 34.3 Å². The highest BCUT2D eigenvalue weighted by atomic mass is 16.3. The first kappa shape index (κ1) is 11.9. The van der Waals surface area contributed by atoms with Crippen molar-refractivity contribution >= 4 is 5.91 Å². The summed E-state index contributed by atoms with van der Waals surface area (Å²) in [7, 11) is 0. The van der Waals surface area contributed by atoms with E-state index < -0.39 is 0 Å². The van der Waals surface area contributed by atoms with Gasteiger partial charge in [0.1, 0.15) is 17.4 Å². The molecule has 7 nitrogen and oxygen atoms in total. The Morgan fingerprint density at radius 3 is 3.05 bits per heavy atom. The summed E-state index contributed by atoms with van der Waals surface area (Å²) >= 11 is 0. The van der Waals surface area contributed by atoms with Crippen molar-refractivity contribution in [1.82, 2.24) is 25.1 Å². The molecule has 0 fully saturated rings. The van der Waals surface area contributed by atoms with Gasteiger partial charge in [0, 0.05) is 19.0 Å². The minimum atomic E-state index is -0.189. The van der Waals surface area contributed by atoms with Gasteiger partial charge in [-0.15, -0.1) is 10.2 Å². The predicted molar refractivity (Wildman–Crippen MR) is 65.6 cm³/mol. The first-order valence-electron chi connectivity index (χ1n) is 6.25. The smallest absolute Gasteiger partial charge is 0.273 e.